The molecule has 0 heterocycles. The number of hydrogen-bond acceptors (Lipinski definition) is 6. The van der Waals surface area contributed by atoms with Crippen LogP contribution in [0.25, 0.3) is 0 Å². The lowest BCUT2D eigenvalue weighted by Crippen LogP contribution is -2.42. The third-order valence-electron chi connectivity index (χ3n) is 3.39. The van der Waals surface area contributed by atoms with Gasteiger partial charge in [-0.2, -0.15) is 0 Å². The maximum absolute atomic E-state index is 12.2. The van der Waals surface area contributed by atoms with Crippen LogP contribution in [0.4, 0.5) is 0 Å². The van der Waals surface area contributed by atoms with Gasteiger partial charge in [-0.3, -0.25) is 4.79 Å². The summed E-state index contributed by atoms with van der Waals surface area (Å²) in [6, 6.07) is 0. The van der Waals surface area contributed by atoms with E-state index in [2.05, 4.69) is 14.2 Å². The highest BCUT2D eigenvalue weighted by Gasteiger charge is 2.42. The van der Waals surface area contributed by atoms with Crippen molar-refractivity contribution in [1.82, 2.24) is 9.44 Å². The maximum Gasteiger partial charge on any atom is 0.310 e. The second-order valence-corrected chi connectivity index (χ2v) is 8.77. The first-order valence-electron chi connectivity index (χ1n) is 6.77. The van der Waals surface area contributed by atoms with E-state index in [-0.39, 0.29) is 18.8 Å². The Hall–Kier alpha value is -0.710. The molecule has 0 saturated heterocycles. The minimum Gasteiger partial charge on any atom is -0.469 e. The van der Waals surface area contributed by atoms with Crippen molar-refractivity contribution in [3.63, 3.8) is 0 Å². The monoisotopic (exact) mass is 342 g/mol. The van der Waals surface area contributed by atoms with Crippen LogP contribution in [0.5, 0.6) is 0 Å². The normalized spacial score (nSPS) is 23.1. The van der Waals surface area contributed by atoms with Crippen molar-refractivity contribution < 1.29 is 26.4 Å². The first-order valence-corrected chi connectivity index (χ1v) is 9.97. The highest BCUT2D eigenvalue weighted by atomic mass is 32.2. The van der Waals surface area contributed by atoms with E-state index in [0.29, 0.717) is 19.3 Å². The fourth-order valence-corrected chi connectivity index (χ4v) is 5.28. The van der Waals surface area contributed by atoms with E-state index in [1.54, 1.807) is 6.92 Å². The highest BCUT2D eigenvalue weighted by Crippen LogP contribution is 2.31. The zero-order valence-electron chi connectivity index (χ0n) is 12.2. The predicted octanol–water partition coefficient (Wildman–Crippen LogP) is -0.813. The lowest BCUT2D eigenvalue weighted by atomic mass is 10.1. The standard InChI is InChI=1S/C11H22N2O6S2/c1-3-12-20(15,16)8-7-13-21(17,18)10-6-4-5-9(10)11(14)19-2/h9-10,12-13H,3-8H2,1-2H3. The topological polar surface area (TPSA) is 119 Å². The van der Waals surface area contributed by atoms with Gasteiger partial charge < -0.3 is 4.74 Å². The lowest BCUT2D eigenvalue weighted by Gasteiger charge is -2.18. The molecular formula is C11H22N2O6S2. The van der Waals surface area contributed by atoms with E-state index in [1.165, 1.54) is 7.11 Å². The van der Waals surface area contributed by atoms with Crippen molar-refractivity contribution in [2.24, 2.45) is 5.92 Å². The Balaban J connectivity index is 2.63. The Labute approximate surface area is 125 Å². The first kappa shape index (κ1) is 18.3. The summed E-state index contributed by atoms with van der Waals surface area (Å²) >= 11 is 0. The molecule has 1 fully saturated rings. The maximum atomic E-state index is 12.2. The third kappa shape index (κ3) is 5.20. The van der Waals surface area contributed by atoms with Gasteiger partial charge in [0, 0.05) is 13.1 Å². The van der Waals surface area contributed by atoms with Gasteiger partial charge in [0.15, 0.2) is 0 Å². The molecule has 1 rings (SSSR count). The fraction of sp³-hybridized carbons (Fsp3) is 0.909. The van der Waals surface area contributed by atoms with Gasteiger partial charge in [0.05, 0.1) is 24.0 Å². The minimum atomic E-state index is -3.74. The smallest absolute Gasteiger partial charge is 0.310 e. The van der Waals surface area contributed by atoms with Gasteiger partial charge in [0.1, 0.15) is 0 Å². The molecule has 1 aliphatic rings. The Morgan fingerprint density at radius 3 is 2.43 bits per heavy atom. The predicted molar refractivity (Wildman–Crippen MR) is 77.5 cm³/mol. The van der Waals surface area contributed by atoms with Crippen molar-refractivity contribution in [3.05, 3.63) is 0 Å². The molecule has 124 valence electrons. The molecule has 0 bridgehead atoms. The van der Waals surface area contributed by atoms with Crippen LogP contribution in [-0.2, 0) is 29.6 Å². The van der Waals surface area contributed by atoms with Crippen LogP contribution in [0.15, 0.2) is 0 Å². The number of methoxy groups -OCH3 is 1. The van der Waals surface area contributed by atoms with Gasteiger partial charge in [-0.25, -0.2) is 26.3 Å². The average molecular weight is 342 g/mol. The molecule has 0 spiro atoms. The summed E-state index contributed by atoms with van der Waals surface area (Å²) in [7, 11) is -6.00. The average Bonchev–Trinajstić information content (AvgIpc) is 2.87. The Morgan fingerprint density at radius 2 is 1.86 bits per heavy atom. The number of hydrogen-bond donors (Lipinski definition) is 2. The number of esters is 1. The van der Waals surface area contributed by atoms with E-state index >= 15 is 0 Å². The van der Waals surface area contributed by atoms with Gasteiger partial charge in [0.2, 0.25) is 20.0 Å². The van der Waals surface area contributed by atoms with Crippen LogP contribution in [0, 0.1) is 5.92 Å². The van der Waals surface area contributed by atoms with Gasteiger partial charge in [0.25, 0.3) is 0 Å². The molecule has 0 amide bonds. The van der Waals surface area contributed by atoms with Crippen LogP contribution in [-0.4, -0.2) is 54.0 Å². The van der Waals surface area contributed by atoms with E-state index in [4.69, 9.17) is 0 Å². The van der Waals surface area contributed by atoms with Crippen LogP contribution in [0.2, 0.25) is 0 Å². The van der Waals surface area contributed by atoms with Crippen LogP contribution in [0.1, 0.15) is 26.2 Å². The Morgan fingerprint density at radius 1 is 1.19 bits per heavy atom. The van der Waals surface area contributed by atoms with Gasteiger partial charge in [-0.1, -0.05) is 13.3 Å². The SMILES string of the molecule is CCNS(=O)(=O)CCNS(=O)(=O)C1CCCC1C(=O)OC. The number of ether oxygens (including phenoxy) is 1. The molecule has 0 aromatic rings. The largest absolute Gasteiger partial charge is 0.469 e. The summed E-state index contributed by atoms with van der Waals surface area (Å²) < 4.78 is 56.4. The number of nitrogens with one attached hydrogen (secondary N) is 2. The second kappa shape index (κ2) is 7.52. The molecule has 21 heavy (non-hydrogen) atoms. The summed E-state index contributed by atoms with van der Waals surface area (Å²) in [5, 5.41) is -0.855. The highest BCUT2D eigenvalue weighted by molar-refractivity contribution is 7.90. The van der Waals surface area contributed by atoms with Crippen LogP contribution >= 0.6 is 0 Å². The van der Waals surface area contributed by atoms with E-state index in [9.17, 15) is 21.6 Å². The zero-order valence-corrected chi connectivity index (χ0v) is 13.8. The molecule has 10 heteroatoms. The molecule has 0 aliphatic heterocycles. The van der Waals surface area contributed by atoms with E-state index < -0.39 is 37.2 Å². The van der Waals surface area contributed by atoms with Gasteiger partial charge >= 0.3 is 5.97 Å². The molecule has 2 atom stereocenters. The number of sulfonamides is 2. The van der Waals surface area contributed by atoms with Gasteiger partial charge in [-0.05, 0) is 12.8 Å². The molecule has 2 unspecified atom stereocenters. The lowest BCUT2D eigenvalue weighted by molar-refractivity contribution is -0.145. The number of carbonyl (C=O) groups excluding carboxylic acids is 1. The van der Waals surface area contributed by atoms with E-state index in [0.717, 1.165) is 0 Å². The molecule has 1 aliphatic carbocycles. The van der Waals surface area contributed by atoms with Crippen molar-refractivity contribution in [2.75, 3.05) is 26.0 Å². The summed E-state index contributed by atoms with van der Waals surface area (Å²) in [6.45, 7) is 1.67. The zero-order chi connectivity index (χ0) is 16.1. The second-order valence-electron chi connectivity index (χ2n) is 4.86. The number of rotatable bonds is 8. The minimum absolute atomic E-state index is 0.220. The fourth-order valence-electron chi connectivity index (χ4n) is 2.44. The van der Waals surface area contributed by atoms with E-state index in [1.807, 2.05) is 0 Å². The molecule has 2 N–H and O–H groups in total. The molecule has 8 nitrogen and oxygen atoms in total. The van der Waals surface area contributed by atoms with Crippen LogP contribution in [0.3, 0.4) is 0 Å². The molecule has 0 radical (unpaired) electrons. The summed E-state index contributed by atoms with van der Waals surface area (Å²) in [4.78, 5) is 11.6. The number of carbonyl (C=O) groups is 1. The quantitative estimate of drug-likeness (QED) is 0.557. The Bertz CT molecular complexity index is 557. The van der Waals surface area contributed by atoms with Crippen molar-refractivity contribution in [3.8, 4) is 0 Å². The molecule has 0 aromatic carbocycles. The van der Waals surface area contributed by atoms with Crippen molar-refractivity contribution in [2.45, 2.75) is 31.4 Å². The first-order chi connectivity index (χ1) is 9.73. The summed E-state index contributed by atoms with van der Waals surface area (Å²) in [5.41, 5.74) is 0. The van der Waals surface area contributed by atoms with Crippen molar-refractivity contribution in [1.29, 1.82) is 0 Å². The third-order valence-corrected chi connectivity index (χ3v) is 6.83. The summed E-state index contributed by atoms with van der Waals surface area (Å²) in [6.07, 6.45) is 1.46. The Kier molecular flexibility index (Phi) is 6.57. The van der Waals surface area contributed by atoms with Gasteiger partial charge in [-0.15, -0.1) is 0 Å². The molecular weight excluding hydrogens is 320 g/mol. The summed E-state index contributed by atoms with van der Waals surface area (Å²) in [5.74, 6) is -1.56. The molecule has 0 aromatic heterocycles. The van der Waals surface area contributed by atoms with Crippen LogP contribution < -0.4 is 9.44 Å². The van der Waals surface area contributed by atoms with Crippen molar-refractivity contribution >= 4 is 26.0 Å². The molecule has 1 saturated carbocycles.